The first-order chi connectivity index (χ1) is 15.5. The molecule has 4 atom stereocenters. The highest BCUT2D eigenvalue weighted by molar-refractivity contribution is 6.42. The topological polar surface area (TPSA) is 125 Å². The lowest BCUT2D eigenvalue weighted by atomic mass is 9.89. The summed E-state index contributed by atoms with van der Waals surface area (Å²) in [7, 11) is 0. The molecule has 0 aliphatic carbocycles. The molecule has 1 amide bonds. The highest BCUT2D eigenvalue weighted by atomic mass is 16.7. The summed E-state index contributed by atoms with van der Waals surface area (Å²) in [5.41, 5.74) is 7.51. The van der Waals surface area contributed by atoms with Crippen LogP contribution in [-0.2, 0) is 14.3 Å². The third-order valence-corrected chi connectivity index (χ3v) is 5.40. The Bertz CT molecular complexity index is 998. The van der Waals surface area contributed by atoms with Crippen molar-refractivity contribution in [3.05, 3.63) is 60.2 Å². The molecule has 10 heteroatoms. The van der Waals surface area contributed by atoms with Crippen LogP contribution in [0.15, 0.2) is 59.7 Å². The molecule has 2 aliphatic heterocycles. The van der Waals surface area contributed by atoms with E-state index in [1.807, 2.05) is 37.3 Å². The Morgan fingerprint density at radius 1 is 1.19 bits per heavy atom. The summed E-state index contributed by atoms with van der Waals surface area (Å²) in [5.74, 6) is -0.522. The maximum Gasteiger partial charge on any atom is 0.509 e. The van der Waals surface area contributed by atoms with E-state index in [4.69, 9.17) is 9.47 Å². The predicted octanol–water partition coefficient (Wildman–Crippen LogP) is 2.31. The molecule has 10 nitrogen and oxygen atoms in total. The second kappa shape index (κ2) is 9.25. The second-order valence-electron chi connectivity index (χ2n) is 7.51. The zero-order chi connectivity index (χ0) is 22.7. The lowest BCUT2D eigenvalue weighted by Gasteiger charge is -2.44. The number of rotatable bonds is 5. The fourth-order valence-corrected chi connectivity index (χ4v) is 3.89. The zero-order valence-corrected chi connectivity index (χ0v) is 17.7. The molecule has 4 rings (SSSR count). The minimum atomic E-state index is -0.798. The number of phenolic OH excluding ortho intramolecular Hbond substituents is 1. The number of hydrogen-bond acceptors (Lipinski definition) is 9. The lowest BCUT2D eigenvalue weighted by molar-refractivity contribution is -0.123. The molecule has 2 heterocycles. The van der Waals surface area contributed by atoms with Crippen molar-refractivity contribution in [2.24, 2.45) is 11.0 Å². The number of carbonyl (C=O) groups excluding carboxylic acids is 2. The van der Waals surface area contributed by atoms with E-state index in [2.05, 4.69) is 21.3 Å². The van der Waals surface area contributed by atoms with Crippen molar-refractivity contribution < 1.29 is 24.2 Å². The third-order valence-electron chi connectivity index (χ3n) is 5.40. The largest absolute Gasteiger partial charge is 0.509 e. The van der Waals surface area contributed by atoms with Gasteiger partial charge in [-0.3, -0.25) is 21.0 Å². The number of amides is 1. The van der Waals surface area contributed by atoms with E-state index in [-0.39, 0.29) is 35.9 Å². The van der Waals surface area contributed by atoms with Gasteiger partial charge in [-0.2, -0.15) is 10.1 Å². The summed E-state index contributed by atoms with van der Waals surface area (Å²) < 4.78 is 10.5. The molecule has 0 spiro atoms. The molecule has 4 N–H and O–H groups in total. The Morgan fingerprint density at radius 2 is 1.91 bits per heavy atom. The van der Waals surface area contributed by atoms with Crippen molar-refractivity contribution in [1.82, 2.24) is 15.8 Å². The SMILES string of the molecule is CCOC(=O)OC1NC2C(=NNc3ccccc3)C(=O)NN2C(c2ccc(O)cc2)C1C. The molecule has 2 aromatic rings. The highest BCUT2D eigenvalue weighted by Gasteiger charge is 2.51. The van der Waals surface area contributed by atoms with Crippen LogP contribution in [0.2, 0.25) is 0 Å². The molecule has 4 unspecified atom stereocenters. The number of para-hydroxylation sites is 1. The van der Waals surface area contributed by atoms with Crippen LogP contribution in [-0.4, -0.2) is 46.9 Å². The summed E-state index contributed by atoms with van der Waals surface area (Å²) in [6.07, 6.45) is -2.22. The molecule has 2 aromatic carbocycles. The van der Waals surface area contributed by atoms with E-state index >= 15 is 0 Å². The first kappa shape index (κ1) is 21.6. The number of phenols is 1. The van der Waals surface area contributed by atoms with E-state index in [9.17, 15) is 14.7 Å². The summed E-state index contributed by atoms with van der Waals surface area (Å²) in [6.45, 7) is 3.78. The van der Waals surface area contributed by atoms with Crippen molar-refractivity contribution in [1.29, 1.82) is 0 Å². The average molecular weight is 439 g/mol. The number of anilines is 1. The van der Waals surface area contributed by atoms with Crippen molar-refractivity contribution in [3.8, 4) is 5.75 Å². The second-order valence-corrected chi connectivity index (χ2v) is 7.51. The van der Waals surface area contributed by atoms with Gasteiger partial charge < -0.3 is 14.6 Å². The number of benzene rings is 2. The number of fused-ring (bicyclic) bond motifs is 1. The average Bonchev–Trinajstić information content (AvgIpc) is 3.09. The number of ether oxygens (including phenoxy) is 2. The van der Waals surface area contributed by atoms with Crippen molar-refractivity contribution >= 4 is 23.5 Å². The number of nitrogens with one attached hydrogen (secondary N) is 3. The van der Waals surface area contributed by atoms with Gasteiger partial charge in [-0.25, -0.2) is 4.79 Å². The van der Waals surface area contributed by atoms with Gasteiger partial charge in [0.15, 0.2) is 11.9 Å². The molecule has 2 fully saturated rings. The Labute approximate surface area is 185 Å². The fraction of sp³-hybridized carbons (Fsp3) is 0.318. The van der Waals surface area contributed by atoms with Crippen LogP contribution in [0.4, 0.5) is 10.5 Å². The summed E-state index contributed by atoms with van der Waals surface area (Å²) in [6, 6.07) is 15.6. The molecule has 2 saturated heterocycles. The Balaban J connectivity index is 1.66. The van der Waals surface area contributed by atoms with Gasteiger partial charge in [-0.05, 0) is 36.8 Å². The Hall–Kier alpha value is -3.63. The van der Waals surface area contributed by atoms with Crippen LogP contribution < -0.4 is 16.2 Å². The summed E-state index contributed by atoms with van der Waals surface area (Å²) in [4.78, 5) is 24.8. The Kier molecular flexibility index (Phi) is 6.24. The number of aromatic hydroxyl groups is 1. The summed E-state index contributed by atoms with van der Waals surface area (Å²) in [5, 5.41) is 18.9. The van der Waals surface area contributed by atoms with E-state index < -0.39 is 18.5 Å². The normalized spacial score (nSPS) is 26.3. The van der Waals surface area contributed by atoms with Crippen molar-refractivity contribution in [2.45, 2.75) is 32.3 Å². The van der Waals surface area contributed by atoms with Crippen molar-refractivity contribution in [2.75, 3.05) is 12.0 Å². The third kappa shape index (κ3) is 4.36. The number of nitrogens with zero attached hydrogens (tertiary/aromatic N) is 2. The van der Waals surface area contributed by atoms with Crippen LogP contribution in [0.5, 0.6) is 5.75 Å². The molecular formula is C22H25N5O5. The molecule has 0 radical (unpaired) electrons. The van der Waals surface area contributed by atoms with E-state index in [1.165, 1.54) is 0 Å². The monoisotopic (exact) mass is 439 g/mol. The Morgan fingerprint density at radius 3 is 2.59 bits per heavy atom. The van der Waals surface area contributed by atoms with Gasteiger partial charge in [0.2, 0.25) is 0 Å². The van der Waals surface area contributed by atoms with Gasteiger partial charge in [0.05, 0.1) is 18.3 Å². The van der Waals surface area contributed by atoms with Gasteiger partial charge in [0, 0.05) is 5.92 Å². The van der Waals surface area contributed by atoms with Crippen LogP contribution >= 0.6 is 0 Å². The number of hydrazone groups is 1. The van der Waals surface area contributed by atoms with Gasteiger partial charge in [0.25, 0.3) is 5.91 Å². The molecule has 168 valence electrons. The van der Waals surface area contributed by atoms with Crippen molar-refractivity contribution in [3.63, 3.8) is 0 Å². The number of carbonyl (C=O) groups is 2. The highest BCUT2D eigenvalue weighted by Crippen LogP contribution is 2.37. The quantitative estimate of drug-likeness (QED) is 0.413. The molecule has 32 heavy (non-hydrogen) atoms. The molecular weight excluding hydrogens is 414 g/mol. The smallest absolute Gasteiger partial charge is 0.508 e. The predicted molar refractivity (Wildman–Crippen MR) is 116 cm³/mol. The van der Waals surface area contributed by atoms with E-state index in [1.54, 1.807) is 36.2 Å². The van der Waals surface area contributed by atoms with Gasteiger partial charge >= 0.3 is 6.16 Å². The first-order valence-corrected chi connectivity index (χ1v) is 10.3. The van der Waals surface area contributed by atoms with E-state index in [0.29, 0.717) is 0 Å². The molecule has 0 aromatic heterocycles. The number of hydrazine groups is 1. The van der Waals surface area contributed by atoms with Gasteiger partial charge in [-0.1, -0.05) is 37.3 Å². The molecule has 2 aliphatic rings. The molecule has 0 saturated carbocycles. The minimum absolute atomic E-state index is 0.131. The number of hydrogen-bond donors (Lipinski definition) is 4. The van der Waals surface area contributed by atoms with Crippen LogP contribution in [0.3, 0.4) is 0 Å². The maximum absolute atomic E-state index is 12.8. The lowest BCUT2D eigenvalue weighted by Crippen LogP contribution is -2.63. The van der Waals surface area contributed by atoms with Gasteiger partial charge in [0.1, 0.15) is 11.9 Å². The standard InChI is InChI=1S/C22H25N5O5/c1-3-31-22(30)32-21-13(2)18(14-9-11-16(28)12-10-14)27-19(23-21)17(20(29)26-27)25-24-15-7-5-4-6-8-15/h4-13,18-19,21,23-24,28H,3H2,1-2H3,(H,26,29). The minimum Gasteiger partial charge on any atom is -0.508 e. The van der Waals surface area contributed by atoms with E-state index in [0.717, 1.165) is 11.3 Å². The maximum atomic E-state index is 12.8. The fourth-order valence-electron chi connectivity index (χ4n) is 3.89. The zero-order valence-electron chi connectivity index (χ0n) is 17.7. The van der Waals surface area contributed by atoms with Crippen LogP contribution in [0.25, 0.3) is 0 Å². The summed E-state index contributed by atoms with van der Waals surface area (Å²) >= 11 is 0. The van der Waals surface area contributed by atoms with Gasteiger partial charge in [-0.15, -0.1) is 0 Å². The van der Waals surface area contributed by atoms with Crippen LogP contribution in [0.1, 0.15) is 25.5 Å². The van der Waals surface area contributed by atoms with Crippen LogP contribution in [0, 0.1) is 5.92 Å². The molecule has 0 bridgehead atoms. The first-order valence-electron chi connectivity index (χ1n) is 10.3.